The van der Waals surface area contributed by atoms with Gasteiger partial charge in [0.2, 0.25) is 5.91 Å². The molecule has 1 atom stereocenters. The van der Waals surface area contributed by atoms with Gasteiger partial charge in [-0.05, 0) is 67.6 Å². The lowest BCUT2D eigenvalue weighted by molar-refractivity contribution is -0.120. The average Bonchev–Trinajstić information content (AvgIpc) is 2.89. The molecule has 2 N–H and O–H groups in total. The molecule has 194 valence electrons. The van der Waals surface area contributed by atoms with Crippen LogP contribution in [0.3, 0.4) is 0 Å². The molecule has 0 aromatic heterocycles. The van der Waals surface area contributed by atoms with E-state index in [4.69, 9.17) is 4.74 Å². The van der Waals surface area contributed by atoms with Gasteiger partial charge in [0, 0.05) is 18.7 Å². The van der Waals surface area contributed by atoms with E-state index in [9.17, 15) is 18.0 Å². The van der Waals surface area contributed by atoms with Crippen LogP contribution in [0.25, 0.3) is 0 Å². The second-order valence-electron chi connectivity index (χ2n) is 8.91. The van der Waals surface area contributed by atoms with Gasteiger partial charge in [-0.2, -0.15) is 0 Å². The number of benzene rings is 3. The van der Waals surface area contributed by atoms with Crippen LogP contribution < -0.4 is 19.7 Å². The number of carbonyl (C=O) groups excluding carboxylic acids is 2. The number of rotatable bonds is 8. The van der Waals surface area contributed by atoms with Crippen molar-refractivity contribution in [1.29, 1.82) is 0 Å². The summed E-state index contributed by atoms with van der Waals surface area (Å²) in [5.74, 6) is 0.477. The number of urea groups is 1. The number of likely N-dealkylation sites (N-methyl/N-ethyl adjacent to an activating group) is 1. The Bertz CT molecular complexity index is 1380. The van der Waals surface area contributed by atoms with Crippen LogP contribution in [0.2, 0.25) is 0 Å². The number of nitrogens with zero attached hydrogens (tertiary/aromatic N) is 1. The number of carbonyl (C=O) groups is 2. The molecule has 1 aliphatic rings. The van der Waals surface area contributed by atoms with Gasteiger partial charge in [0.1, 0.15) is 11.8 Å². The van der Waals surface area contributed by atoms with Crippen molar-refractivity contribution in [2.45, 2.75) is 44.0 Å². The van der Waals surface area contributed by atoms with Crippen molar-refractivity contribution in [3.63, 3.8) is 0 Å². The summed E-state index contributed by atoms with van der Waals surface area (Å²) in [4.78, 5) is 28.3. The normalized spacial score (nSPS) is 13.6. The van der Waals surface area contributed by atoms with Crippen LogP contribution in [0, 0.1) is 6.92 Å². The Morgan fingerprint density at radius 3 is 2.49 bits per heavy atom. The molecule has 9 heteroatoms. The highest BCUT2D eigenvalue weighted by atomic mass is 32.2. The maximum atomic E-state index is 13.8. The summed E-state index contributed by atoms with van der Waals surface area (Å²) in [5, 5.41) is 2.61. The van der Waals surface area contributed by atoms with E-state index in [1.807, 2.05) is 55.5 Å². The lowest BCUT2D eigenvalue weighted by Crippen LogP contribution is -2.53. The van der Waals surface area contributed by atoms with Crippen molar-refractivity contribution in [2.75, 3.05) is 18.1 Å². The Morgan fingerprint density at radius 2 is 1.76 bits per heavy atom. The first-order valence-electron chi connectivity index (χ1n) is 12.3. The monoisotopic (exact) mass is 521 g/mol. The molecule has 1 aliphatic heterocycles. The third-order valence-corrected chi connectivity index (χ3v) is 7.77. The first-order valence-corrected chi connectivity index (χ1v) is 13.8. The molecule has 0 spiro atoms. The van der Waals surface area contributed by atoms with Gasteiger partial charge in [0.15, 0.2) is 0 Å². The van der Waals surface area contributed by atoms with E-state index >= 15 is 0 Å². The van der Waals surface area contributed by atoms with Crippen molar-refractivity contribution in [3.8, 4) is 5.75 Å². The molecule has 0 aliphatic carbocycles. The summed E-state index contributed by atoms with van der Waals surface area (Å²) in [6.45, 7) is 4.55. The third kappa shape index (κ3) is 6.29. The van der Waals surface area contributed by atoms with Crippen LogP contribution in [0.5, 0.6) is 5.75 Å². The Morgan fingerprint density at radius 1 is 1.03 bits per heavy atom. The van der Waals surface area contributed by atoms with Gasteiger partial charge in [0.05, 0.1) is 11.5 Å². The number of hydrogen-bond donors (Lipinski definition) is 2. The molecule has 3 aromatic rings. The summed E-state index contributed by atoms with van der Waals surface area (Å²) in [6.07, 6.45) is 1.96. The van der Waals surface area contributed by atoms with E-state index in [2.05, 4.69) is 10.0 Å². The minimum absolute atomic E-state index is 0.00236. The van der Waals surface area contributed by atoms with E-state index in [1.165, 1.54) is 6.07 Å². The molecule has 1 heterocycles. The van der Waals surface area contributed by atoms with E-state index in [0.717, 1.165) is 29.7 Å². The zero-order valence-electron chi connectivity index (χ0n) is 20.9. The largest absolute Gasteiger partial charge is 0.493 e. The van der Waals surface area contributed by atoms with Crippen molar-refractivity contribution in [3.05, 3.63) is 89.5 Å². The van der Waals surface area contributed by atoms with Gasteiger partial charge in [0.25, 0.3) is 10.0 Å². The summed E-state index contributed by atoms with van der Waals surface area (Å²) in [5.41, 5.74) is 3.07. The predicted octanol–water partition coefficient (Wildman–Crippen LogP) is 3.97. The number of aryl methyl sites for hydroxylation is 2. The Labute approximate surface area is 217 Å². The third-order valence-electron chi connectivity index (χ3n) is 6.28. The maximum Gasteiger partial charge on any atom is 0.329 e. The molecule has 0 fully saturated rings. The number of nitrogens with one attached hydrogen (secondary N) is 2. The highest BCUT2D eigenvalue weighted by Gasteiger charge is 2.29. The lowest BCUT2D eigenvalue weighted by atomic mass is 10.0. The standard InChI is InChI=1S/C28H31N3O5S/c1-3-31(23-15-16-25-22(19-23)13-9-17-36-25)27(32)24(18-21-11-5-4-6-12-21)29-28(33)30-37(34,35)26-14-8-7-10-20(26)2/h4-8,10-12,14-16,19,24H,3,9,13,17-18H2,1-2H3,(H2,29,30,33)/t24-/m0/s1. The van der Waals surface area contributed by atoms with Gasteiger partial charge in [-0.25, -0.2) is 17.9 Å². The van der Waals surface area contributed by atoms with Gasteiger partial charge >= 0.3 is 6.03 Å². The number of hydrogen-bond acceptors (Lipinski definition) is 5. The zero-order chi connectivity index (χ0) is 26.4. The Kier molecular flexibility index (Phi) is 8.13. The van der Waals surface area contributed by atoms with Gasteiger partial charge in [-0.3, -0.25) is 4.79 Å². The number of sulfonamides is 1. The fraction of sp³-hybridized carbons (Fsp3) is 0.286. The number of amides is 3. The number of ether oxygens (including phenoxy) is 1. The summed E-state index contributed by atoms with van der Waals surface area (Å²) < 4.78 is 33.4. The van der Waals surface area contributed by atoms with E-state index in [0.29, 0.717) is 24.4 Å². The van der Waals surface area contributed by atoms with Crippen LogP contribution in [0.15, 0.2) is 77.7 Å². The highest BCUT2D eigenvalue weighted by molar-refractivity contribution is 7.90. The highest BCUT2D eigenvalue weighted by Crippen LogP contribution is 2.29. The molecule has 0 bridgehead atoms. The minimum Gasteiger partial charge on any atom is -0.493 e. The first-order chi connectivity index (χ1) is 17.8. The number of fused-ring (bicyclic) bond motifs is 1. The smallest absolute Gasteiger partial charge is 0.329 e. The molecule has 3 aromatic carbocycles. The molecule has 8 nitrogen and oxygen atoms in total. The summed E-state index contributed by atoms with van der Waals surface area (Å²) in [7, 11) is -4.12. The second-order valence-corrected chi connectivity index (χ2v) is 10.6. The summed E-state index contributed by atoms with van der Waals surface area (Å²) in [6, 6.07) is 19.3. The van der Waals surface area contributed by atoms with Crippen molar-refractivity contribution in [1.82, 2.24) is 10.0 Å². The van der Waals surface area contributed by atoms with Crippen LogP contribution in [0.4, 0.5) is 10.5 Å². The zero-order valence-corrected chi connectivity index (χ0v) is 21.8. The quantitative estimate of drug-likeness (QED) is 0.467. The maximum absolute atomic E-state index is 13.8. The molecular weight excluding hydrogens is 490 g/mol. The van der Waals surface area contributed by atoms with Crippen LogP contribution in [0.1, 0.15) is 30.0 Å². The van der Waals surface area contributed by atoms with Crippen molar-refractivity contribution < 1.29 is 22.7 Å². The fourth-order valence-electron chi connectivity index (χ4n) is 4.44. The molecule has 0 radical (unpaired) electrons. The Balaban J connectivity index is 1.58. The first kappa shape index (κ1) is 26.2. The lowest BCUT2D eigenvalue weighted by Gasteiger charge is -2.28. The molecule has 0 unspecified atom stereocenters. The predicted molar refractivity (Wildman–Crippen MR) is 142 cm³/mol. The van der Waals surface area contributed by atoms with Crippen LogP contribution in [-0.2, 0) is 27.7 Å². The van der Waals surface area contributed by atoms with Gasteiger partial charge in [-0.1, -0.05) is 48.5 Å². The number of anilines is 1. The topological polar surface area (TPSA) is 105 Å². The Hall–Kier alpha value is -3.85. The average molecular weight is 522 g/mol. The second kappa shape index (κ2) is 11.5. The van der Waals surface area contributed by atoms with Crippen molar-refractivity contribution >= 4 is 27.6 Å². The molecule has 0 saturated carbocycles. The fourth-order valence-corrected chi connectivity index (χ4v) is 5.60. The van der Waals surface area contributed by atoms with Crippen LogP contribution in [-0.4, -0.2) is 39.5 Å². The van der Waals surface area contributed by atoms with E-state index in [1.54, 1.807) is 30.0 Å². The summed E-state index contributed by atoms with van der Waals surface area (Å²) >= 11 is 0. The van der Waals surface area contributed by atoms with Crippen molar-refractivity contribution in [2.24, 2.45) is 0 Å². The molecule has 0 saturated heterocycles. The van der Waals surface area contributed by atoms with E-state index in [-0.39, 0.29) is 17.2 Å². The van der Waals surface area contributed by atoms with Gasteiger partial charge < -0.3 is 15.0 Å². The van der Waals surface area contributed by atoms with Gasteiger partial charge in [-0.15, -0.1) is 0 Å². The molecule has 37 heavy (non-hydrogen) atoms. The molecule has 3 amide bonds. The van der Waals surface area contributed by atoms with E-state index < -0.39 is 22.1 Å². The molecular formula is C28H31N3O5S. The van der Waals surface area contributed by atoms with Crippen LogP contribution >= 0.6 is 0 Å². The SMILES string of the molecule is CCN(C(=O)[C@H](Cc1ccccc1)NC(=O)NS(=O)(=O)c1ccccc1C)c1ccc2c(c1)CCCO2. The molecule has 4 rings (SSSR count). The minimum atomic E-state index is -4.12.